The summed E-state index contributed by atoms with van der Waals surface area (Å²) in [5.41, 5.74) is 0. The van der Waals surface area contributed by atoms with E-state index < -0.39 is 5.97 Å². The maximum absolute atomic E-state index is 12.5. The van der Waals surface area contributed by atoms with Gasteiger partial charge < -0.3 is 20.2 Å². The molecule has 1 aliphatic heterocycles. The molecular formula is C18H26ClN5O3. The van der Waals surface area contributed by atoms with Crippen LogP contribution in [0.4, 0.5) is 10.6 Å². The number of nitrogens with one attached hydrogen (secondary N) is 1. The number of urea groups is 1. The van der Waals surface area contributed by atoms with Gasteiger partial charge in [-0.2, -0.15) is 0 Å². The van der Waals surface area contributed by atoms with Gasteiger partial charge >= 0.3 is 12.0 Å². The molecule has 0 atom stereocenters. The molecule has 1 aliphatic carbocycles. The van der Waals surface area contributed by atoms with E-state index in [2.05, 4.69) is 15.2 Å². The largest absolute Gasteiger partial charge is 0.480 e. The number of aromatic nitrogens is 1. The van der Waals surface area contributed by atoms with Crippen molar-refractivity contribution < 1.29 is 14.7 Å². The Morgan fingerprint density at radius 2 is 2.00 bits per heavy atom. The molecule has 1 saturated heterocycles. The minimum absolute atomic E-state index is 0.0385. The summed E-state index contributed by atoms with van der Waals surface area (Å²) in [6, 6.07) is 4.04. The molecule has 0 radical (unpaired) electrons. The SMILES string of the molecule is CCN(CC(=O)O)C1CC(NC(=O)N2CCN(c3ccc(Cl)cn3)CC2)C1. The number of hydrogen-bond acceptors (Lipinski definition) is 5. The highest BCUT2D eigenvalue weighted by atomic mass is 35.5. The summed E-state index contributed by atoms with van der Waals surface area (Å²) in [5.74, 6) is 0.0664. The van der Waals surface area contributed by atoms with Gasteiger partial charge in [0.25, 0.3) is 0 Å². The van der Waals surface area contributed by atoms with Crippen LogP contribution in [0, 0.1) is 0 Å². The van der Waals surface area contributed by atoms with Gasteiger partial charge in [0.2, 0.25) is 0 Å². The monoisotopic (exact) mass is 395 g/mol. The number of carbonyl (C=O) groups is 2. The third kappa shape index (κ3) is 5.01. The number of nitrogens with zero attached hydrogens (tertiary/aromatic N) is 4. The van der Waals surface area contributed by atoms with E-state index >= 15 is 0 Å². The Balaban J connectivity index is 1.40. The van der Waals surface area contributed by atoms with Crippen LogP contribution in [0.1, 0.15) is 19.8 Å². The van der Waals surface area contributed by atoms with Crippen LogP contribution in [0.5, 0.6) is 0 Å². The normalized spacial score (nSPS) is 22.5. The second-order valence-corrected chi connectivity index (χ2v) is 7.47. The molecule has 0 unspecified atom stereocenters. The summed E-state index contributed by atoms with van der Waals surface area (Å²) in [5, 5.41) is 12.6. The number of hydrogen-bond donors (Lipinski definition) is 2. The van der Waals surface area contributed by atoms with Gasteiger partial charge in [-0.05, 0) is 31.5 Å². The maximum atomic E-state index is 12.5. The smallest absolute Gasteiger partial charge is 0.317 e. The third-order valence-corrected chi connectivity index (χ3v) is 5.53. The van der Waals surface area contributed by atoms with Crippen molar-refractivity contribution in [3.05, 3.63) is 23.4 Å². The summed E-state index contributed by atoms with van der Waals surface area (Å²) < 4.78 is 0. The first-order valence-electron chi connectivity index (χ1n) is 9.34. The van der Waals surface area contributed by atoms with Gasteiger partial charge in [0.1, 0.15) is 5.82 Å². The Labute approximate surface area is 164 Å². The van der Waals surface area contributed by atoms with Gasteiger partial charge in [-0.3, -0.25) is 9.69 Å². The summed E-state index contributed by atoms with van der Waals surface area (Å²) in [6.45, 7) is 5.48. The average Bonchev–Trinajstić information content (AvgIpc) is 2.63. The molecule has 2 N–H and O–H groups in total. The molecule has 2 heterocycles. The lowest BCUT2D eigenvalue weighted by atomic mass is 9.85. The number of aliphatic carboxylic acids is 1. The van der Waals surface area contributed by atoms with Crippen LogP contribution in [0.25, 0.3) is 0 Å². The van der Waals surface area contributed by atoms with Gasteiger partial charge in [0.05, 0.1) is 11.6 Å². The number of carbonyl (C=O) groups excluding carboxylic acids is 1. The number of halogens is 1. The Morgan fingerprint density at radius 1 is 1.30 bits per heavy atom. The van der Waals surface area contributed by atoms with Crippen molar-refractivity contribution in [2.24, 2.45) is 0 Å². The van der Waals surface area contributed by atoms with Crippen molar-refractivity contribution in [2.45, 2.75) is 31.8 Å². The van der Waals surface area contributed by atoms with E-state index in [4.69, 9.17) is 16.7 Å². The number of carboxylic acids is 1. The first-order chi connectivity index (χ1) is 13.0. The Bertz CT molecular complexity index is 657. The minimum Gasteiger partial charge on any atom is -0.480 e. The second kappa shape index (κ2) is 8.75. The van der Waals surface area contributed by atoms with Gasteiger partial charge in [-0.1, -0.05) is 18.5 Å². The highest BCUT2D eigenvalue weighted by Gasteiger charge is 2.35. The van der Waals surface area contributed by atoms with Crippen molar-refractivity contribution in [3.8, 4) is 0 Å². The molecule has 1 saturated carbocycles. The molecule has 1 aromatic heterocycles. The summed E-state index contributed by atoms with van der Waals surface area (Å²) in [4.78, 5) is 33.6. The molecule has 9 heteroatoms. The first-order valence-corrected chi connectivity index (χ1v) is 9.72. The molecule has 8 nitrogen and oxygen atoms in total. The van der Waals surface area contributed by atoms with Crippen LogP contribution >= 0.6 is 11.6 Å². The Morgan fingerprint density at radius 3 is 2.56 bits per heavy atom. The molecule has 2 amide bonds. The molecule has 1 aromatic rings. The number of likely N-dealkylation sites (N-methyl/N-ethyl adjacent to an activating group) is 1. The highest BCUT2D eigenvalue weighted by Crippen LogP contribution is 2.26. The lowest BCUT2D eigenvalue weighted by molar-refractivity contribution is -0.139. The molecule has 0 bridgehead atoms. The van der Waals surface area contributed by atoms with E-state index in [1.54, 1.807) is 6.20 Å². The van der Waals surface area contributed by atoms with Gasteiger partial charge in [0.15, 0.2) is 0 Å². The third-order valence-electron chi connectivity index (χ3n) is 5.30. The standard InChI is InChI=1S/C18H26ClN5O3/c1-2-22(12-17(25)26)15-9-14(10-15)21-18(27)24-7-5-23(6-8-24)16-4-3-13(19)11-20-16/h3-4,11,14-15H,2,5-10,12H2,1H3,(H,21,27)(H,25,26). The number of carboxylic acid groups (broad SMARTS) is 1. The molecule has 27 heavy (non-hydrogen) atoms. The van der Waals surface area contributed by atoms with Crippen molar-refractivity contribution >= 4 is 29.4 Å². The molecule has 3 rings (SSSR count). The van der Waals surface area contributed by atoms with E-state index in [1.165, 1.54) is 0 Å². The van der Waals surface area contributed by atoms with Crippen molar-refractivity contribution in [2.75, 3.05) is 44.2 Å². The zero-order valence-corrected chi connectivity index (χ0v) is 16.2. The van der Waals surface area contributed by atoms with E-state index in [0.29, 0.717) is 24.7 Å². The number of amides is 2. The topological polar surface area (TPSA) is 89.0 Å². The van der Waals surface area contributed by atoms with Crippen LogP contribution in [0.3, 0.4) is 0 Å². The highest BCUT2D eigenvalue weighted by molar-refractivity contribution is 6.30. The summed E-state index contributed by atoms with van der Waals surface area (Å²) in [7, 11) is 0. The van der Waals surface area contributed by atoms with E-state index in [-0.39, 0.29) is 24.7 Å². The van der Waals surface area contributed by atoms with Crippen LogP contribution in [-0.2, 0) is 4.79 Å². The van der Waals surface area contributed by atoms with Crippen LogP contribution < -0.4 is 10.2 Å². The first kappa shape index (κ1) is 19.7. The van der Waals surface area contributed by atoms with Crippen LogP contribution in [-0.4, -0.2) is 83.2 Å². The minimum atomic E-state index is -0.808. The predicted octanol–water partition coefficient (Wildman–Crippen LogP) is 1.50. The molecular weight excluding hydrogens is 370 g/mol. The van der Waals surface area contributed by atoms with Crippen molar-refractivity contribution in [1.29, 1.82) is 0 Å². The molecule has 2 fully saturated rings. The van der Waals surface area contributed by atoms with Gasteiger partial charge in [-0.25, -0.2) is 9.78 Å². The second-order valence-electron chi connectivity index (χ2n) is 7.04. The van der Waals surface area contributed by atoms with Crippen LogP contribution in [0.15, 0.2) is 18.3 Å². The van der Waals surface area contributed by atoms with Crippen molar-refractivity contribution in [1.82, 2.24) is 20.1 Å². The van der Waals surface area contributed by atoms with E-state index in [1.807, 2.05) is 28.9 Å². The van der Waals surface area contributed by atoms with E-state index in [9.17, 15) is 9.59 Å². The quantitative estimate of drug-likeness (QED) is 0.758. The molecule has 148 valence electrons. The molecule has 2 aliphatic rings. The maximum Gasteiger partial charge on any atom is 0.317 e. The van der Waals surface area contributed by atoms with Crippen LogP contribution in [0.2, 0.25) is 5.02 Å². The zero-order chi connectivity index (χ0) is 19.4. The van der Waals surface area contributed by atoms with E-state index in [0.717, 1.165) is 31.7 Å². The lowest BCUT2D eigenvalue weighted by Gasteiger charge is -2.43. The Kier molecular flexibility index (Phi) is 6.38. The molecule has 0 spiro atoms. The lowest BCUT2D eigenvalue weighted by Crippen LogP contribution is -2.59. The molecule has 0 aromatic carbocycles. The summed E-state index contributed by atoms with van der Waals surface area (Å²) >= 11 is 5.87. The fourth-order valence-electron chi connectivity index (χ4n) is 3.64. The zero-order valence-electron chi connectivity index (χ0n) is 15.5. The fraction of sp³-hybridized carbons (Fsp3) is 0.611. The number of rotatable bonds is 6. The fourth-order valence-corrected chi connectivity index (χ4v) is 3.75. The Hall–Kier alpha value is -2.06. The number of piperazine rings is 1. The van der Waals surface area contributed by atoms with Crippen molar-refractivity contribution in [3.63, 3.8) is 0 Å². The van der Waals surface area contributed by atoms with Gasteiger partial charge in [0, 0.05) is 44.5 Å². The van der Waals surface area contributed by atoms with Gasteiger partial charge in [-0.15, -0.1) is 0 Å². The average molecular weight is 396 g/mol. The number of anilines is 1. The summed E-state index contributed by atoms with van der Waals surface area (Å²) in [6.07, 6.45) is 3.25. The predicted molar refractivity (Wildman–Crippen MR) is 103 cm³/mol. The number of pyridine rings is 1.